The van der Waals surface area contributed by atoms with Gasteiger partial charge in [0.1, 0.15) is 29.5 Å². The van der Waals surface area contributed by atoms with Crippen LogP contribution in [0, 0.1) is 30.6 Å². The SMILES string of the molecule is CO[C@H]1/C=C/O[C@@]2(C)Oc3c(C)c(O)c4c(O)c(c5c(c4c3C2=O)N(C)C2C=C(/C=N/NC(=O)c3ccncc3)C=CN52)NC(=O)/C(C)=C\C=C\[C@H](C)[C@H](O)[C@@H](C)[C@@H](O)[C@@H](C)[C@H](OC(C)=O)[C@@H]1C. The fourth-order valence-electron chi connectivity index (χ4n) is 9.32. The zero-order valence-corrected chi connectivity index (χ0v) is 39.5. The molecule has 10 atom stereocenters. The van der Waals surface area contributed by atoms with E-state index in [-0.39, 0.29) is 44.6 Å². The lowest BCUT2D eigenvalue weighted by Crippen LogP contribution is -2.46. The van der Waals surface area contributed by atoms with E-state index in [1.165, 1.54) is 58.8 Å². The number of nitrogens with one attached hydrogen (secondary N) is 2. The average Bonchev–Trinajstić information content (AvgIpc) is 3.76. The molecule has 0 saturated heterocycles. The topological polar surface area (TPSA) is 242 Å². The van der Waals surface area contributed by atoms with Crippen LogP contribution in [0.3, 0.4) is 0 Å². The van der Waals surface area contributed by atoms with E-state index in [4.69, 9.17) is 18.9 Å². The predicted molar refractivity (Wildman–Crippen MR) is 254 cm³/mol. The second-order valence-corrected chi connectivity index (χ2v) is 17.9. The molecular weight excluding hydrogens is 877 g/mol. The number of amides is 2. The number of anilines is 3. The number of aromatic hydroxyl groups is 2. The van der Waals surface area contributed by atoms with E-state index in [2.05, 4.69) is 20.8 Å². The highest BCUT2D eigenvalue weighted by Crippen LogP contribution is 2.60. The number of likely N-dealkylation sites (N-methyl/N-ethyl adjacent to an activating group) is 1. The van der Waals surface area contributed by atoms with E-state index in [1.54, 1.807) is 89.2 Å². The first-order chi connectivity index (χ1) is 32.2. The summed E-state index contributed by atoms with van der Waals surface area (Å²) >= 11 is 0. The van der Waals surface area contributed by atoms with Crippen LogP contribution in [0.5, 0.6) is 17.2 Å². The molecule has 360 valence electrons. The van der Waals surface area contributed by atoms with Crippen LogP contribution in [0.15, 0.2) is 89.7 Å². The number of carbonyl (C=O) groups excluding carboxylic acids is 4. The standard InChI is InChI=1S/C50H58N6O12/c1-24-12-11-13-25(2)48(63)53-38-40-39(55(9)34-22-31(16-20-56(34)40)23-52-54-49(64)32-14-18-51-19-15-32)35-36(44(38)61)43(60)29(6)46-37(35)47(62)50(8,68-46)66-21-17-33(65-10)26(3)45(67-30(7)57)28(5)42(59)27(4)41(24)58/h11-24,26-28,33-34,41-42,45,58-61H,1-10H3,(H,53,63)(H,54,64)/b12-11+,21-17+,25-13-,52-23+/t24-,26+,27+,28+,33-,34?,41-,42+,45+,50-/m0/s1. The van der Waals surface area contributed by atoms with Crippen molar-refractivity contribution in [3.63, 3.8) is 0 Å². The third-order valence-electron chi connectivity index (χ3n) is 13.4. The van der Waals surface area contributed by atoms with Crippen molar-refractivity contribution in [3.8, 4) is 17.2 Å². The van der Waals surface area contributed by atoms with Gasteiger partial charge in [-0.05, 0) is 49.8 Å². The van der Waals surface area contributed by atoms with Crippen molar-refractivity contribution in [1.82, 2.24) is 10.4 Å². The molecule has 18 heteroatoms. The molecule has 4 aliphatic rings. The lowest BCUT2D eigenvalue weighted by molar-refractivity contribution is -0.160. The van der Waals surface area contributed by atoms with Gasteiger partial charge >= 0.3 is 11.8 Å². The van der Waals surface area contributed by atoms with Crippen LogP contribution in [-0.2, 0) is 23.8 Å². The number of allylic oxidation sites excluding steroid dienone is 4. The molecule has 0 fully saturated rings. The molecule has 3 aromatic rings. The Morgan fingerprint density at radius 3 is 2.37 bits per heavy atom. The second-order valence-electron chi connectivity index (χ2n) is 17.9. The number of hydrazone groups is 1. The molecule has 0 aliphatic carbocycles. The molecular formula is C50H58N6O12. The molecule has 6 N–H and O–H groups in total. The third-order valence-corrected chi connectivity index (χ3v) is 13.4. The lowest BCUT2D eigenvalue weighted by atomic mass is 9.78. The van der Waals surface area contributed by atoms with Crippen LogP contribution in [0.25, 0.3) is 10.8 Å². The summed E-state index contributed by atoms with van der Waals surface area (Å²) in [6.45, 7) is 12.7. The Hall–Kier alpha value is -7.02. The summed E-state index contributed by atoms with van der Waals surface area (Å²) in [5, 5.41) is 54.4. The molecule has 68 heavy (non-hydrogen) atoms. The van der Waals surface area contributed by atoms with Gasteiger partial charge in [-0.15, -0.1) is 0 Å². The summed E-state index contributed by atoms with van der Waals surface area (Å²) in [5.74, 6) is -7.73. The number of ketones is 1. The van der Waals surface area contributed by atoms with E-state index >= 15 is 0 Å². The Bertz CT molecular complexity index is 2710. The minimum absolute atomic E-state index is 0.00591. The maximum atomic E-state index is 14.9. The van der Waals surface area contributed by atoms with Gasteiger partial charge in [0, 0.05) is 92.4 Å². The molecule has 18 nitrogen and oxygen atoms in total. The van der Waals surface area contributed by atoms with Gasteiger partial charge in [0.15, 0.2) is 5.75 Å². The summed E-state index contributed by atoms with van der Waals surface area (Å²) < 4.78 is 24.1. The van der Waals surface area contributed by atoms with E-state index in [0.29, 0.717) is 16.8 Å². The number of aliphatic hydroxyl groups excluding tert-OH is 2. The molecule has 2 aromatic carbocycles. The summed E-state index contributed by atoms with van der Waals surface area (Å²) in [4.78, 5) is 61.7. The van der Waals surface area contributed by atoms with Crippen molar-refractivity contribution in [2.24, 2.45) is 28.8 Å². The quantitative estimate of drug-likeness (QED) is 0.0756. The number of rotatable bonds is 5. The van der Waals surface area contributed by atoms with Crippen LogP contribution in [0.2, 0.25) is 0 Å². The Kier molecular flexibility index (Phi) is 13.9. The third kappa shape index (κ3) is 8.81. The molecule has 0 saturated carbocycles. The highest BCUT2D eigenvalue weighted by atomic mass is 16.7. The Morgan fingerprint density at radius 1 is 0.985 bits per heavy atom. The zero-order chi connectivity index (χ0) is 49.5. The van der Waals surface area contributed by atoms with Crippen LogP contribution in [0.1, 0.15) is 74.7 Å². The minimum Gasteiger partial charge on any atom is -0.507 e. The van der Waals surface area contributed by atoms with Crippen molar-refractivity contribution >= 4 is 57.6 Å². The number of phenolic OH excluding ortho intramolecular Hbond substituents is 2. The largest absolute Gasteiger partial charge is 0.507 e. The monoisotopic (exact) mass is 934 g/mol. The lowest BCUT2D eigenvalue weighted by Gasteiger charge is -2.38. The minimum atomic E-state index is -2.01. The first kappa shape index (κ1) is 48.9. The molecule has 1 unspecified atom stereocenters. The van der Waals surface area contributed by atoms with Crippen molar-refractivity contribution in [3.05, 3.63) is 101 Å². The zero-order valence-electron chi connectivity index (χ0n) is 39.5. The summed E-state index contributed by atoms with van der Waals surface area (Å²) in [6, 6.07) is 3.11. The van der Waals surface area contributed by atoms with Gasteiger partial charge in [-0.25, -0.2) is 5.43 Å². The normalized spacial score (nSPS) is 30.2. The number of benzene rings is 2. The fraction of sp³-hybridized carbons (Fsp3) is 0.400. The number of carbonyl (C=O) groups is 4. The second kappa shape index (κ2) is 19.3. The van der Waals surface area contributed by atoms with Crippen molar-refractivity contribution in [2.75, 3.05) is 29.3 Å². The summed E-state index contributed by atoms with van der Waals surface area (Å²) in [6.07, 6.45) is 12.7. The number of Topliss-reactive ketones (excluding diaryl/α,β-unsaturated/α-hetero) is 1. The number of phenols is 2. The van der Waals surface area contributed by atoms with Gasteiger partial charge in [-0.3, -0.25) is 24.2 Å². The molecule has 4 aliphatic heterocycles. The van der Waals surface area contributed by atoms with E-state index < -0.39 is 95.1 Å². The van der Waals surface area contributed by atoms with Gasteiger partial charge in [0.2, 0.25) is 0 Å². The number of aliphatic hydroxyl groups is 2. The van der Waals surface area contributed by atoms with Crippen LogP contribution < -0.4 is 25.3 Å². The average molecular weight is 935 g/mol. The fourth-order valence-corrected chi connectivity index (χ4v) is 9.32. The van der Waals surface area contributed by atoms with Crippen molar-refractivity contribution < 1.29 is 58.6 Å². The van der Waals surface area contributed by atoms with Gasteiger partial charge in [-0.1, -0.05) is 45.9 Å². The Morgan fingerprint density at radius 2 is 1.69 bits per heavy atom. The summed E-state index contributed by atoms with van der Waals surface area (Å²) in [7, 11) is 3.20. The van der Waals surface area contributed by atoms with Gasteiger partial charge < -0.3 is 54.5 Å². The highest BCUT2D eigenvalue weighted by Gasteiger charge is 2.51. The molecule has 5 heterocycles. The van der Waals surface area contributed by atoms with E-state index in [1.807, 2.05) is 11.0 Å². The number of aromatic nitrogens is 1. The first-order valence-electron chi connectivity index (χ1n) is 22.3. The van der Waals surface area contributed by atoms with Crippen LogP contribution in [-0.4, -0.2) is 106 Å². The Balaban J connectivity index is 1.37. The molecule has 0 spiro atoms. The molecule has 1 aromatic heterocycles. The maximum Gasteiger partial charge on any atom is 0.312 e. The van der Waals surface area contributed by atoms with Crippen LogP contribution >= 0.6 is 0 Å². The van der Waals surface area contributed by atoms with Gasteiger partial charge in [0.25, 0.3) is 17.6 Å². The number of esters is 1. The number of methoxy groups -OCH3 is 1. The smallest absolute Gasteiger partial charge is 0.312 e. The molecule has 7 rings (SSSR count). The van der Waals surface area contributed by atoms with Crippen LogP contribution in [0.4, 0.5) is 17.1 Å². The maximum absolute atomic E-state index is 14.9. The number of nitrogens with zero attached hydrogens (tertiary/aromatic N) is 4. The molecule has 0 radical (unpaired) electrons. The van der Waals surface area contributed by atoms with E-state index in [9.17, 15) is 39.6 Å². The number of hydrogen-bond acceptors (Lipinski definition) is 16. The molecule has 2 amide bonds. The van der Waals surface area contributed by atoms with E-state index in [0.717, 1.165) is 0 Å². The highest BCUT2D eigenvalue weighted by molar-refractivity contribution is 6.27. The first-order valence-corrected chi connectivity index (χ1v) is 22.3. The predicted octanol–water partition coefficient (Wildman–Crippen LogP) is 5.90. The van der Waals surface area contributed by atoms with Crippen molar-refractivity contribution in [1.29, 1.82) is 0 Å². The van der Waals surface area contributed by atoms with Gasteiger partial charge in [0.05, 0.1) is 53.1 Å². The number of ether oxygens (including phenoxy) is 4. The van der Waals surface area contributed by atoms with Crippen molar-refractivity contribution in [2.45, 2.75) is 91.8 Å². The number of fused-ring (bicyclic) bond motifs is 2. The van der Waals surface area contributed by atoms with Gasteiger partial charge in [-0.2, -0.15) is 5.10 Å². The number of hydrogen-bond donors (Lipinski definition) is 6. The molecule has 4 bridgehead atoms. The summed E-state index contributed by atoms with van der Waals surface area (Å²) in [5.41, 5.74) is 4.36. The number of pyridine rings is 1. The Labute approximate surface area is 393 Å².